The minimum absolute atomic E-state index is 0.182. The molecule has 0 bridgehead atoms. The first-order valence-corrected chi connectivity index (χ1v) is 6.80. The lowest BCUT2D eigenvalue weighted by Gasteiger charge is -2.14. The van der Waals surface area contributed by atoms with Gasteiger partial charge in [0, 0.05) is 0 Å². The molecule has 0 aliphatic carbocycles. The first-order chi connectivity index (χ1) is 9.56. The van der Waals surface area contributed by atoms with Crippen molar-refractivity contribution in [1.82, 2.24) is 5.32 Å². The van der Waals surface area contributed by atoms with E-state index in [-0.39, 0.29) is 6.61 Å². The summed E-state index contributed by atoms with van der Waals surface area (Å²) in [6.07, 6.45) is 2.04. The number of aliphatic carboxylic acids is 1. The molecule has 0 heterocycles. The number of hydrogen-bond acceptors (Lipinski definition) is 3. The van der Waals surface area contributed by atoms with Crippen molar-refractivity contribution in [3.63, 3.8) is 0 Å². The number of ether oxygens (including phenoxy) is 1. The van der Waals surface area contributed by atoms with Crippen LogP contribution < -0.4 is 10.1 Å². The zero-order chi connectivity index (χ0) is 15.0. The van der Waals surface area contributed by atoms with Crippen LogP contribution in [-0.4, -0.2) is 29.6 Å². The molecule has 1 aromatic rings. The zero-order valence-corrected chi connectivity index (χ0v) is 11.9. The number of carboxylic acid groups (broad SMARTS) is 1. The number of aryl methyl sites for hydroxylation is 1. The quantitative estimate of drug-likeness (QED) is 0.763. The van der Waals surface area contributed by atoms with Gasteiger partial charge < -0.3 is 15.2 Å². The molecule has 1 amide bonds. The van der Waals surface area contributed by atoms with Crippen molar-refractivity contribution in [3.8, 4) is 5.75 Å². The number of hydrogen-bond donors (Lipinski definition) is 2. The largest absolute Gasteiger partial charge is 0.484 e. The Kier molecular flexibility index (Phi) is 6.56. The lowest BCUT2D eigenvalue weighted by molar-refractivity contribution is -0.142. The molecule has 5 nitrogen and oxygen atoms in total. The molecule has 20 heavy (non-hydrogen) atoms. The van der Waals surface area contributed by atoms with Crippen LogP contribution in [0.15, 0.2) is 24.3 Å². The molecule has 0 unspecified atom stereocenters. The Bertz CT molecular complexity index is 442. The van der Waals surface area contributed by atoms with Crippen molar-refractivity contribution in [2.45, 2.75) is 39.2 Å². The summed E-state index contributed by atoms with van der Waals surface area (Å²) in [6, 6.07) is 6.62. The number of carbonyl (C=O) groups is 2. The van der Waals surface area contributed by atoms with E-state index in [2.05, 4.69) is 12.2 Å². The van der Waals surface area contributed by atoms with Crippen LogP contribution in [0.5, 0.6) is 5.75 Å². The lowest BCUT2D eigenvalue weighted by atomic mass is 10.1. The maximum atomic E-state index is 11.6. The monoisotopic (exact) mass is 279 g/mol. The maximum absolute atomic E-state index is 11.6. The van der Waals surface area contributed by atoms with Crippen molar-refractivity contribution in [2.24, 2.45) is 0 Å². The van der Waals surface area contributed by atoms with Crippen LogP contribution in [-0.2, 0) is 16.0 Å². The summed E-state index contributed by atoms with van der Waals surface area (Å²) in [7, 11) is 0. The Labute approximate surface area is 118 Å². The molecule has 5 heteroatoms. The standard InChI is InChI=1S/C15H21NO4/c1-3-5-13(15(18)19)16-14(17)10-20-12-8-6-11(4-2)7-9-12/h6-9,13H,3-5,10H2,1-2H3,(H,16,17)(H,18,19)/t13-/m1/s1. The van der Waals surface area contributed by atoms with Gasteiger partial charge in [-0.15, -0.1) is 0 Å². The molecule has 1 rings (SSSR count). The van der Waals surface area contributed by atoms with Crippen LogP contribution in [0.25, 0.3) is 0 Å². The molecule has 2 N–H and O–H groups in total. The third-order valence-corrected chi connectivity index (χ3v) is 2.91. The van der Waals surface area contributed by atoms with Gasteiger partial charge in [-0.05, 0) is 30.5 Å². The highest BCUT2D eigenvalue weighted by Crippen LogP contribution is 2.12. The molecule has 0 radical (unpaired) electrons. The first-order valence-electron chi connectivity index (χ1n) is 6.80. The molecular formula is C15H21NO4. The molecule has 0 aromatic heterocycles. The minimum Gasteiger partial charge on any atom is -0.484 e. The van der Waals surface area contributed by atoms with Crippen molar-refractivity contribution < 1.29 is 19.4 Å². The number of carbonyl (C=O) groups excluding carboxylic acids is 1. The number of rotatable bonds is 8. The fourth-order valence-corrected chi connectivity index (χ4v) is 1.75. The predicted molar refractivity (Wildman–Crippen MR) is 75.8 cm³/mol. The van der Waals surface area contributed by atoms with Gasteiger partial charge in [-0.3, -0.25) is 4.79 Å². The molecule has 0 spiro atoms. The molecule has 0 aliphatic heterocycles. The van der Waals surface area contributed by atoms with E-state index < -0.39 is 17.9 Å². The summed E-state index contributed by atoms with van der Waals surface area (Å²) in [6.45, 7) is 3.75. The highest BCUT2D eigenvalue weighted by atomic mass is 16.5. The van der Waals surface area contributed by atoms with Crippen molar-refractivity contribution in [2.75, 3.05) is 6.61 Å². The summed E-state index contributed by atoms with van der Waals surface area (Å²) in [4.78, 5) is 22.5. The van der Waals surface area contributed by atoms with E-state index in [0.717, 1.165) is 6.42 Å². The molecule has 0 saturated heterocycles. The molecule has 0 saturated carbocycles. The maximum Gasteiger partial charge on any atom is 0.326 e. The highest BCUT2D eigenvalue weighted by molar-refractivity contribution is 5.84. The van der Waals surface area contributed by atoms with Crippen LogP contribution >= 0.6 is 0 Å². The van der Waals surface area contributed by atoms with E-state index in [0.29, 0.717) is 18.6 Å². The Morgan fingerprint density at radius 1 is 1.25 bits per heavy atom. The van der Waals surface area contributed by atoms with E-state index in [1.54, 1.807) is 12.1 Å². The summed E-state index contributed by atoms with van der Waals surface area (Å²) in [5.41, 5.74) is 1.19. The van der Waals surface area contributed by atoms with Gasteiger partial charge in [0.15, 0.2) is 6.61 Å². The predicted octanol–water partition coefficient (Wildman–Crippen LogP) is 2.00. The second-order valence-corrected chi connectivity index (χ2v) is 4.53. The molecule has 0 fully saturated rings. The molecular weight excluding hydrogens is 258 g/mol. The lowest BCUT2D eigenvalue weighted by Crippen LogP contribution is -2.42. The van der Waals surface area contributed by atoms with E-state index >= 15 is 0 Å². The first kappa shape index (κ1) is 16.0. The number of benzene rings is 1. The van der Waals surface area contributed by atoms with Crippen LogP contribution in [0.3, 0.4) is 0 Å². The molecule has 1 aromatic carbocycles. The fourth-order valence-electron chi connectivity index (χ4n) is 1.75. The average Bonchev–Trinajstić information content (AvgIpc) is 2.45. The summed E-state index contributed by atoms with van der Waals surface area (Å²) < 4.78 is 5.32. The van der Waals surface area contributed by atoms with Crippen molar-refractivity contribution in [1.29, 1.82) is 0 Å². The summed E-state index contributed by atoms with van der Waals surface area (Å²) in [5, 5.41) is 11.4. The SMILES string of the molecule is CCC[C@@H](NC(=O)COc1ccc(CC)cc1)C(=O)O. The topological polar surface area (TPSA) is 75.6 Å². The van der Waals surface area contributed by atoms with Gasteiger partial charge in [0.1, 0.15) is 11.8 Å². The second-order valence-electron chi connectivity index (χ2n) is 4.53. The van der Waals surface area contributed by atoms with Gasteiger partial charge in [0.2, 0.25) is 0 Å². The number of nitrogens with one attached hydrogen (secondary N) is 1. The Hall–Kier alpha value is -2.04. The van der Waals surface area contributed by atoms with Gasteiger partial charge in [0.25, 0.3) is 5.91 Å². The van der Waals surface area contributed by atoms with Gasteiger partial charge in [-0.25, -0.2) is 4.79 Å². The van der Waals surface area contributed by atoms with Gasteiger partial charge in [0.05, 0.1) is 0 Å². The summed E-state index contributed by atoms with van der Waals surface area (Å²) in [5.74, 6) is -0.849. The Morgan fingerprint density at radius 3 is 2.40 bits per heavy atom. The Morgan fingerprint density at radius 2 is 1.90 bits per heavy atom. The van der Waals surface area contributed by atoms with Crippen LogP contribution in [0.4, 0.5) is 0 Å². The third kappa shape index (κ3) is 5.30. The smallest absolute Gasteiger partial charge is 0.326 e. The molecule has 0 aliphatic rings. The van der Waals surface area contributed by atoms with Crippen LogP contribution in [0.1, 0.15) is 32.3 Å². The number of carboxylic acids is 1. The van der Waals surface area contributed by atoms with Crippen LogP contribution in [0, 0.1) is 0 Å². The second kappa shape index (κ2) is 8.19. The highest BCUT2D eigenvalue weighted by Gasteiger charge is 2.18. The Balaban J connectivity index is 2.43. The van der Waals surface area contributed by atoms with Gasteiger partial charge >= 0.3 is 5.97 Å². The third-order valence-electron chi connectivity index (χ3n) is 2.91. The summed E-state index contributed by atoms with van der Waals surface area (Å²) >= 11 is 0. The van der Waals surface area contributed by atoms with E-state index in [1.807, 2.05) is 19.1 Å². The van der Waals surface area contributed by atoms with E-state index in [1.165, 1.54) is 5.56 Å². The fraction of sp³-hybridized carbons (Fsp3) is 0.467. The number of amides is 1. The normalized spacial score (nSPS) is 11.7. The van der Waals surface area contributed by atoms with Crippen molar-refractivity contribution >= 4 is 11.9 Å². The van der Waals surface area contributed by atoms with Crippen molar-refractivity contribution in [3.05, 3.63) is 29.8 Å². The molecule has 1 atom stereocenters. The molecule has 110 valence electrons. The minimum atomic E-state index is -1.02. The zero-order valence-electron chi connectivity index (χ0n) is 11.9. The van der Waals surface area contributed by atoms with E-state index in [4.69, 9.17) is 9.84 Å². The van der Waals surface area contributed by atoms with E-state index in [9.17, 15) is 9.59 Å². The van der Waals surface area contributed by atoms with Gasteiger partial charge in [-0.1, -0.05) is 32.4 Å². The van der Waals surface area contributed by atoms with Crippen LogP contribution in [0.2, 0.25) is 0 Å². The van der Waals surface area contributed by atoms with Gasteiger partial charge in [-0.2, -0.15) is 0 Å². The average molecular weight is 279 g/mol.